The van der Waals surface area contributed by atoms with E-state index in [4.69, 9.17) is 0 Å². The summed E-state index contributed by atoms with van der Waals surface area (Å²) in [6, 6.07) is -0.0680. The molecule has 4 aliphatic rings. The lowest BCUT2D eigenvalue weighted by Crippen LogP contribution is -2.66. The summed E-state index contributed by atoms with van der Waals surface area (Å²) in [7, 11) is 1.56. The second-order valence-electron chi connectivity index (χ2n) is 9.41. The highest BCUT2D eigenvalue weighted by Crippen LogP contribution is 2.65. The van der Waals surface area contributed by atoms with Gasteiger partial charge in [-0.25, -0.2) is 0 Å². The highest BCUT2D eigenvalue weighted by molar-refractivity contribution is 5.84. The first-order valence-corrected chi connectivity index (χ1v) is 9.44. The predicted octanol–water partition coefficient (Wildman–Crippen LogP) is 3.46. The summed E-state index contributed by atoms with van der Waals surface area (Å²) in [5, 5.41) is 10.5. The van der Waals surface area contributed by atoms with Crippen LogP contribution in [0.5, 0.6) is 0 Å². The van der Waals surface area contributed by atoms with Crippen molar-refractivity contribution < 1.29 is 18.7 Å². The molecule has 3 saturated carbocycles. The number of likely N-dealkylation sites (tertiary alicyclic amines) is 1. The number of halogens is 2. The molecule has 1 amide bonds. The summed E-state index contributed by atoms with van der Waals surface area (Å²) in [6.07, 6.45) is 4.96. The Morgan fingerprint density at radius 2 is 1.71 bits per heavy atom. The van der Waals surface area contributed by atoms with E-state index in [0.717, 1.165) is 38.5 Å². The van der Waals surface area contributed by atoms with E-state index >= 15 is 0 Å². The molecular weight excluding hydrogens is 312 g/mol. The van der Waals surface area contributed by atoms with Crippen LogP contribution in [0.4, 0.5) is 8.78 Å². The summed E-state index contributed by atoms with van der Waals surface area (Å²) in [4.78, 5) is 13.4. The molecule has 3 nitrogen and oxygen atoms in total. The molecule has 0 aromatic rings. The van der Waals surface area contributed by atoms with Crippen molar-refractivity contribution in [1.82, 2.24) is 4.90 Å². The third-order valence-electron chi connectivity index (χ3n) is 8.47. The number of hydrogen-bond acceptors (Lipinski definition) is 2. The molecule has 3 aliphatic carbocycles. The van der Waals surface area contributed by atoms with Crippen molar-refractivity contribution in [3.05, 3.63) is 0 Å². The third-order valence-corrected chi connectivity index (χ3v) is 8.47. The van der Waals surface area contributed by atoms with Crippen LogP contribution in [-0.4, -0.2) is 41.0 Å². The fourth-order valence-electron chi connectivity index (χ4n) is 7.25. The third kappa shape index (κ3) is 1.94. The van der Waals surface area contributed by atoms with Gasteiger partial charge >= 0.3 is 5.92 Å². The van der Waals surface area contributed by atoms with Crippen molar-refractivity contribution in [1.29, 1.82) is 0 Å². The van der Waals surface area contributed by atoms with Crippen molar-refractivity contribution in [2.75, 3.05) is 7.05 Å². The van der Waals surface area contributed by atoms with E-state index in [-0.39, 0.29) is 29.9 Å². The van der Waals surface area contributed by atoms with Gasteiger partial charge in [0.15, 0.2) is 0 Å². The van der Waals surface area contributed by atoms with E-state index in [0.29, 0.717) is 11.8 Å². The molecule has 2 unspecified atom stereocenters. The lowest BCUT2D eigenvalue weighted by atomic mass is 9.47. The molecule has 0 spiro atoms. The Bertz CT molecular complexity index is 568. The Morgan fingerprint density at radius 1 is 1.04 bits per heavy atom. The fourth-order valence-corrected chi connectivity index (χ4v) is 7.25. The molecule has 1 N–H and O–H groups in total. The number of aliphatic hydroxyl groups is 1. The molecule has 136 valence electrons. The van der Waals surface area contributed by atoms with Crippen LogP contribution in [0.3, 0.4) is 0 Å². The second kappa shape index (κ2) is 4.93. The first kappa shape index (κ1) is 16.7. The van der Waals surface area contributed by atoms with Crippen molar-refractivity contribution in [3.8, 4) is 0 Å². The standard InChI is InChI=1S/C19H29F2NO2/c1-17-9-8-13-11(12(17)5-7-15(17)23)4-6-14-18(13,2)10-19(20,21)16(24)22(14)3/h11-15,23H,4-10H2,1-3H3/t11-,12-,13+,14?,15?,17-,18+/m0/s1. The Morgan fingerprint density at radius 3 is 2.42 bits per heavy atom. The Hall–Kier alpha value is -0.710. The van der Waals surface area contributed by atoms with E-state index in [2.05, 4.69) is 6.92 Å². The first-order valence-electron chi connectivity index (χ1n) is 9.44. The zero-order valence-electron chi connectivity index (χ0n) is 14.9. The maximum atomic E-state index is 14.4. The van der Waals surface area contributed by atoms with Crippen molar-refractivity contribution in [2.45, 2.75) is 76.9 Å². The minimum absolute atomic E-state index is 0.0384. The molecule has 24 heavy (non-hydrogen) atoms. The van der Waals surface area contributed by atoms with Gasteiger partial charge in [0.2, 0.25) is 0 Å². The number of alkyl halides is 2. The van der Waals surface area contributed by atoms with Crippen LogP contribution in [0.1, 0.15) is 58.8 Å². The van der Waals surface area contributed by atoms with Gasteiger partial charge < -0.3 is 10.0 Å². The minimum atomic E-state index is -3.24. The zero-order chi connectivity index (χ0) is 17.5. The monoisotopic (exact) mass is 341 g/mol. The average Bonchev–Trinajstić information content (AvgIpc) is 2.80. The molecule has 0 aromatic carbocycles. The number of aliphatic hydroxyl groups excluding tert-OH is 1. The molecular formula is C19H29F2NO2. The Labute approximate surface area is 142 Å². The molecule has 0 radical (unpaired) electrons. The lowest BCUT2D eigenvalue weighted by Gasteiger charge is -2.62. The van der Waals surface area contributed by atoms with E-state index in [1.54, 1.807) is 7.05 Å². The fraction of sp³-hybridized carbons (Fsp3) is 0.947. The Kier molecular flexibility index (Phi) is 3.44. The zero-order valence-corrected chi connectivity index (χ0v) is 14.9. The van der Waals surface area contributed by atoms with Gasteiger partial charge in [0, 0.05) is 19.5 Å². The summed E-state index contributed by atoms with van der Waals surface area (Å²) in [5.41, 5.74) is -0.548. The first-order chi connectivity index (χ1) is 11.1. The van der Waals surface area contributed by atoms with Gasteiger partial charge in [-0.1, -0.05) is 13.8 Å². The van der Waals surface area contributed by atoms with Crippen LogP contribution in [0.2, 0.25) is 0 Å². The quantitative estimate of drug-likeness (QED) is 0.733. The van der Waals surface area contributed by atoms with Crippen LogP contribution in [0, 0.1) is 28.6 Å². The van der Waals surface area contributed by atoms with E-state index in [1.165, 1.54) is 4.90 Å². The molecule has 4 fully saturated rings. The molecule has 7 atom stereocenters. The van der Waals surface area contributed by atoms with Gasteiger partial charge in [-0.05, 0) is 67.1 Å². The summed E-state index contributed by atoms with van der Waals surface area (Å²) in [5.74, 6) is -3.14. The molecule has 1 heterocycles. The van der Waals surface area contributed by atoms with Crippen LogP contribution in [0.25, 0.3) is 0 Å². The smallest absolute Gasteiger partial charge is 0.325 e. The Balaban J connectivity index is 1.69. The predicted molar refractivity (Wildman–Crippen MR) is 86.5 cm³/mol. The van der Waals surface area contributed by atoms with E-state index in [9.17, 15) is 18.7 Å². The second-order valence-corrected chi connectivity index (χ2v) is 9.41. The number of nitrogens with zero attached hydrogens (tertiary/aromatic N) is 1. The van der Waals surface area contributed by atoms with Crippen molar-refractivity contribution in [2.24, 2.45) is 28.6 Å². The molecule has 1 aliphatic heterocycles. The normalized spacial score (nSPS) is 53.3. The van der Waals surface area contributed by atoms with Crippen LogP contribution < -0.4 is 0 Å². The van der Waals surface area contributed by atoms with E-state index in [1.807, 2.05) is 6.92 Å². The number of hydrogen-bond donors (Lipinski definition) is 1. The molecule has 1 saturated heterocycles. The van der Waals surface area contributed by atoms with Crippen LogP contribution in [0.15, 0.2) is 0 Å². The van der Waals surface area contributed by atoms with E-state index < -0.39 is 17.2 Å². The number of piperidine rings is 1. The van der Waals surface area contributed by atoms with Gasteiger partial charge in [0.1, 0.15) is 0 Å². The molecule has 0 aromatic heterocycles. The number of carbonyl (C=O) groups excluding carboxylic acids is 1. The SMILES string of the molecule is CN1C(=O)C(F)(F)C[C@@]2(C)C1CC[C@@H]1[C@H]2CC[C@]2(C)C(O)CC[C@@H]12. The minimum Gasteiger partial charge on any atom is -0.393 e. The topological polar surface area (TPSA) is 40.5 Å². The summed E-state index contributed by atoms with van der Waals surface area (Å²) < 4.78 is 28.8. The number of fused-ring (bicyclic) bond motifs is 5. The van der Waals surface area contributed by atoms with Gasteiger partial charge in [0.25, 0.3) is 5.91 Å². The number of carbonyl (C=O) groups is 1. The van der Waals surface area contributed by atoms with Gasteiger partial charge in [-0.2, -0.15) is 8.78 Å². The highest BCUT2D eigenvalue weighted by Gasteiger charge is 2.65. The van der Waals surface area contributed by atoms with Crippen LogP contribution in [-0.2, 0) is 4.79 Å². The van der Waals surface area contributed by atoms with Gasteiger partial charge in [-0.15, -0.1) is 0 Å². The molecule has 4 rings (SSSR count). The van der Waals surface area contributed by atoms with Gasteiger partial charge in [0.05, 0.1) is 6.10 Å². The van der Waals surface area contributed by atoms with Crippen molar-refractivity contribution >= 4 is 5.91 Å². The van der Waals surface area contributed by atoms with Gasteiger partial charge in [-0.3, -0.25) is 4.79 Å². The molecule has 5 heteroatoms. The van der Waals surface area contributed by atoms with Crippen LogP contribution >= 0.6 is 0 Å². The average molecular weight is 341 g/mol. The summed E-state index contributed by atoms with van der Waals surface area (Å²) >= 11 is 0. The largest absolute Gasteiger partial charge is 0.393 e. The maximum Gasteiger partial charge on any atom is 0.325 e. The molecule has 0 bridgehead atoms. The maximum absolute atomic E-state index is 14.4. The lowest BCUT2D eigenvalue weighted by molar-refractivity contribution is -0.204. The summed E-state index contributed by atoms with van der Waals surface area (Å²) in [6.45, 7) is 4.20. The highest BCUT2D eigenvalue weighted by atomic mass is 19.3. The van der Waals surface area contributed by atoms with Crippen molar-refractivity contribution in [3.63, 3.8) is 0 Å². The number of rotatable bonds is 0. The number of amides is 1.